The van der Waals surface area contributed by atoms with E-state index in [9.17, 15) is 18.8 Å². The maximum atomic E-state index is 13.0. The number of nitrogens with zero attached hydrogens (tertiary/aromatic N) is 1. The van der Waals surface area contributed by atoms with Gasteiger partial charge in [-0.25, -0.2) is 4.39 Å². The first-order chi connectivity index (χ1) is 12.9. The molecule has 0 spiro atoms. The molecule has 1 unspecified atom stereocenters. The minimum Gasteiger partial charge on any atom is -0.338 e. The van der Waals surface area contributed by atoms with E-state index in [0.29, 0.717) is 36.3 Å². The van der Waals surface area contributed by atoms with Crippen LogP contribution < -0.4 is 5.32 Å². The van der Waals surface area contributed by atoms with Crippen molar-refractivity contribution in [2.75, 3.05) is 18.4 Å². The highest BCUT2D eigenvalue weighted by atomic mass is 19.1. The van der Waals surface area contributed by atoms with Crippen LogP contribution in [0.2, 0.25) is 0 Å². The van der Waals surface area contributed by atoms with Gasteiger partial charge in [-0.1, -0.05) is 0 Å². The molecule has 0 radical (unpaired) electrons. The van der Waals surface area contributed by atoms with Crippen molar-refractivity contribution in [1.29, 1.82) is 0 Å². The highest BCUT2D eigenvalue weighted by Crippen LogP contribution is 2.21. The number of piperidine rings is 1. The molecule has 0 aliphatic carbocycles. The van der Waals surface area contributed by atoms with Gasteiger partial charge in [0.15, 0.2) is 5.78 Å². The molecule has 140 valence electrons. The number of hydrogen-bond donors (Lipinski definition) is 1. The Morgan fingerprint density at radius 2 is 1.63 bits per heavy atom. The summed E-state index contributed by atoms with van der Waals surface area (Å²) >= 11 is 0. The summed E-state index contributed by atoms with van der Waals surface area (Å²) in [4.78, 5) is 38.1. The Bertz CT molecular complexity index is 847. The van der Waals surface area contributed by atoms with Gasteiger partial charge in [-0.2, -0.15) is 0 Å². The second-order valence-electron chi connectivity index (χ2n) is 6.72. The molecule has 1 N–H and O–H groups in total. The molecule has 1 saturated heterocycles. The molecule has 1 aliphatic rings. The fourth-order valence-corrected chi connectivity index (χ4v) is 3.18. The van der Waals surface area contributed by atoms with Crippen molar-refractivity contribution in [3.8, 4) is 0 Å². The number of benzene rings is 2. The lowest BCUT2D eigenvalue weighted by Crippen LogP contribution is -2.43. The molecule has 3 rings (SSSR count). The van der Waals surface area contributed by atoms with E-state index in [-0.39, 0.29) is 23.5 Å². The van der Waals surface area contributed by atoms with E-state index in [1.807, 2.05) is 0 Å². The van der Waals surface area contributed by atoms with Crippen LogP contribution in [-0.4, -0.2) is 35.6 Å². The fourth-order valence-electron chi connectivity index (χ4n) is 3.18. The fraction of sp³-hybridized carbons (Fsp3) is 0.286. The number of nitrogens with one attached hydrogen (secondary N) is 1. The molecule has 1 atom stereocenters. The first-order valence-corrected chi connectivity index (χ1v) is 8.91. The third kappa shape index (κ3) is 4.58. The van der Waals surface area contributed by atoms with Crippen LogP contribution in [0.3, 0.4) is 0 Å². The van der Waals surface area contributed by atoms with Gasteiger partial charge in [0, 0.05) is 29.9 Å². The minimum absolute atomic E-state index is 0.0323. The van der Waals surface area contributed by atoms with Gasteiger partial charge in [-0.3, -0.25) is 14.4 Å². The van der Waals surface area contributed by atoms with Gasteiger partial charge in [0.25, 0.3) is 5.91 Å². The van der Waals surface area contributed by atoms with E-state index in [4.69, 9.17) is 0 Å². The lowest BCUT2D eigenvalue weighted by atomic mass is 9.96. The molecule has 6 heteroatoms. The van der Waals surface area contributed by atoms with E-state index in [1.54, 1.807) is 29.2 Å². The van der Waals surface area contributed by atoms with Crippen LogP contribution >= 0.6 is 0 Å². The van der Waals surface area contributed by atoms with Crippen LogP contribution in [-0.2, 0) is 4.79 Å². The number of ketones is 1. The number of anilines is 1. The largest absolute Gasteiger partial charge is 0.338 e. The number of carbonyl (C=O) groups excluding carboxylic acids is 3. The smallest absolute Gasteiger partial charge is 0.253 e. The van der Waals surface area contributed by atoms with Crippen molar-refractivity contribution in [1.82, 2.24) is 4.90 Å². The molecular formula is C21H21FN2O3. The maximum absolute atomic E-state index is 13.0. The molecule has 2 aromatic rings. The Balaban J connectivity index is 1.63. The summed E-state index contributed by atoms with van der Waals surface area (Å²) in [6.07, 6.45) is 1.43. The van der Waals surface area contributed by atoms with E-state index in [1.165, 1.54) is 31.2 Å². The summed E-state index contributed by atoms with van der Waals surface area (Å²) in [6, 6.07) is 12.2. The van der Waals surface area contributed by atoms with Crippen LogP contribution in [0.4, 0.5) is 10.1 Å². The average Bonchev–Trinajstić information content (AvgIpc) is 2.68. The van der Waals surface area contributed by atoms with Crippen LogP contribution in [0, 0.1) is 11.7 Å². The molecule has 0 bridgehead atoms. The molecule has 1 aliphatic heterocycles. The lowest BCUT2D eigenvalue weighted by molar-refractivity contribution is -0.121. The molecule has 0 aromatic heterocycles. The average molecular weight is 368 g/mol. The number of Topliss-reactive ketones (excluding diaryl/α,β-unsaturated/α-hetero) is 1. The normalized spacial score (nSPS) is 16.7. The Kier molecular flexibility index (Phi) is 5.64. The maximum Gasteiger partial charge on any atom is 0.253 e. The topological polar surface area (TPSA) is 66.5 Å². The molecular weight excluding hydrogens is 347 g/mol. The zero-order chi connectivity index (χ0) is 19.4. The monoisotopic (exact) mass is 368 g/mol. The first kappa shape index (κ1) is 18.8. The van der Waals surface area contributed by atoms with Gasteiger partial charge in [-0.05, 0) is 68.3 Å². The van der Waals surface area contributed by atoms with Crippen molar-refractivity contribution in [2.45, 2.75) is 19.8 Å². The third-order valence-electron chi connectivity index (χ3n) is 4.73. The van der Waals surface area contributed by atoms with Crippen LogP contribution in [0.15, 0.2) is 48.5 Å². The number of hydrogen-bond acceptors (Lipinski definition) is 3. The van der Waals surface area contributed by atoms with E-state index >= 15 is 0 Å². The molecule has 2 aromatic carbocycles. The van der Waals surface area contributed by atoms with Gasteiger partial charge in [0.1, 0.15) is 5.82 Å². The minimum atomic E-state index is -0.391. The Morgan fingerprint density at radius 3 is 2.26 bits per heavy atom. The van der Waals surface area contributed by atoms with Crippen molar-refractivity contribution in [3.05, 3.63) is 65.5 Å². The number of likely N-dealkylation sites (tertiary alicyclic amines) is 1. The Labute approximate surface area is 157 Å². The summed E-state index contributed by atoms with van der Waals surface area (Å²) in [5, 5.41) is 2.85. The van der Waals surface area contributed by atoms with Gasteiger partial charge in [-0.15, -0.1) is 0 Å². The highest BCUT2D eigenvalue weighted by molar-refractivity contribution is 5.97. The summed E-state index contributed by atoms with van der Waals surface area (Å²) in [5.74, 6) is -1.08. The zero-order valence-electron chi connectivity index (χ0n) is 15.1. The number of carbonyl (C=O) groups is 3. The first-order valence-electron chi connectivity index (χ1n) is 8.91. The van der Waals surface area contributed by atoms with Gasteiger partial charge in [0.2, 0.25) is 5.91 Å². The number of amides is 2. The molecule has 5 nitrogen and oxygen atoms in total. The predicted molar refractivity (Wildman–Crippen MR) is 100 cm³/mol. The summed E-state index contributed by atoms with van der Waals surface area (Å²) in [6.45, 7) is 2.39. The van der Waals surface area contributed by atoms with Crippen molar-refractivity contribution in [3.63, 3.8) is 0 Å². The number of halogens is 1. The Morgan fingerprint density at radius 1 is 1.00 bits per heavy atom. The molecule has 1 heterocycles. The van der Waals surface area contributed by atoms with Crippen molar-refractivity contribution in [2.24, 2.45) is 5.92 Å². The van der Waals surface area contributed by atoms with Crippen LogP contribution in [0.1, 0.15) is 40.5 Å². The summed E-state index contributed by atoms with van der Waals surface area (Å²) < 4.78 is 13.0. The molecule has 2 amide bonds. The van der Waals surface area contributed by atoms with E-state index < -0.39 is 5.82 Å². The second-order valence-corrected chi connectivity index (χ2v) is 6.72. The quantitative estimate of drug-likeness (QED) is 0.840. The number of rotatable bonds is 4. The van der Waals surface area contributed by atoms with Gasteiger partial charge < -0.3 is 10.2 Å². The van der Waals surface area contributed by atoms with Crippen molar-refractivity contribution >= 4 is 23.3 Å². The summed E-state index contributed by atoms with van der Waals surface area (Å²) in [7, 11) is 0. The van der Waals surface area contributed by atoms with Gasteiger partial charge in [0.05, 0.1) is 5.92 Å². The predicted octanol–water partition coefficient (Wildman–Crippen LogP) is 3.52. The zero-order valence-corrected chi connectivity index (χ0v) is 15.1. The molecule has 0 saturated carbocycles. The van der Waals surface area contributed by atoms with Gasteiger partial charge >= 0.3 is 0 Å². The SMILES string of the molecule is CC(=O)c1ccc(NC(=O)C2CCCN(C(=O)c3ccc(F)cc3)C2)cc1. The lowest BCUT2D eigenvalue weighted by Gasteiger charge is -2.32. The third-order valence-corrected chi connectivity index (χ3v) is 4.73. The summed E-state index contributed by atoms with van der Waals surface area (Å²) in [5.41, 5.74) is 1.62. The van der Waals surface area contributed by atoms with Crippen LogP contribution in [0.25, 0.3) is 0 Å². The van der Waals surface area contributed by atoms with E-state index in [2.05, 4.69) is 5.32 Å². The molecule has 27 heavy (non-hydrogen) atoms. The van der Waals surface area contributed by atoms with Crippen LogP contribution in [0.5, 0.6) is 0 Å². The molecule has 1 fully saturated rings. The van der Waals surface area contributed by atoms with Crippen molar-refractivity contribution < 1.29 is 18.8 Å². The van der Waals surface area contributed by atoms with E-state index in [0.717, 1.165) is 6.42 Å². The standard InChI is InChI=1S/C21H21FN2O3/c1-14(25)15-6-10-19(11-7-15)23-20(26)17-3-2-12-24(13-17)21(27)16-4-8-18(22)9-5-16/h4-11,17H,2-3,12-13H2,1H3,(H,23,26). The second kappa shape index (κ2) is 8.12. The Hall–Kier alpha value is -3.02. The highest BCUT2D eigenvalue weighted by Gasteiger charge is 2.29.